The Morgan fingerprint density at radius 1 is 1.22 bits per heavy atom. The van der Waals surface area contributed by atoms with Gasteiger partial charge in [-0.15, -0.1) is 12.4 Å². The van der Waals surface area contributed by atoms with Gasteiger partial charge in [0.2, 0.25) is 5.91 Å². The molecule has 100 valence electrons. The molecule has 18 heavy (non-hydrogen) atoms. The lowest BCUT2D eigenvalue weighted by molar-refractivity contribution is -0.118. The fourth-order valence-electron chi connectivity index (χ4n) is 2.35. The molecule has 0 saturated carbocycles. The molecular formula is C14H21ClN2O. The second-order valence-corrected chi connectivity index (χ2v) is 4.87. The highest BCUT2D eigenvalue weighted by molar-refractivity contribution is 5.95. The highest BCUT2D eigenvalue weighted by Crippen LogP contribution is 2.15. The molecule has 0 aliphatic carbocycles. The maximum atomic E-state index is 12.0. The Morgan fingerprint density at radius 2 is 1.89 bits per heavy atom. The van der Waals surface area contributed by atoms with E-state index < -0.39 is 0 Å². The van der Waals surface area contributed by atoms with Crippen molar-refractivity contribution in [2.24, 2.45) is 0 Å². The van der Waals surface area contributed by atoms with Crippen molar-refractivity contribution >= 4 is 24.0 Å². The summed E-state index contributed by atoms with van der Waals surface area (Å²) in [6.45, 7) is 5.04. The number of carbonyl (C=O) groups is 1. The predicted octanol–water partition coefficient (Wildman–Crippen LogP) is 2.81. The normalized spacial score (nSPS) is 18.9. The van der Waals surface area contributed by atoms with Crippen molar-refractivity contribution < 1.29 is 4.79 Å². The predicted molar refractivity (Wildman–Crippen MR) is 77.4 cm³/mol. The van der Waals surface area contributed by atoms with Crippen LogP contribution >= 0.6 is 12.4 Å². The van der Waals surface area contributed by atoms with E-state index >= 15 is 0 Å². The van der Waals surface area contributed by atoms with Crippen LogP contribution in [-0.4, -0.2) is 18.5 Å². The molecule has 1 aliphatic rings. The molecule has 1 atom stereocenters. The van der Waals surface area contributed by atoms with Crippen LogP contribution in [0.4, 0.5) is 5.69 Å². The van der Waals surface area contributed by atoms with Crippen LogP contribution in [0, 0.1) is 13.8 Å². The topological polar surface area (TPSA) is 41.1 Å². The first kappa shape index (κ1) is 15.0. The minimum atomic E-state index is -0.0235. The third kappa shape index (κ3) is 4.00. The molecule has 0 aromatic heterocycles. The number of aryl methyl sites for hydroxylation is 2. The number of piperidine rings is 1. The summed E-state index contributed by atoms with van der Waals surface area (Å²) in [5, 5.41) is 6.25. The number of rotatable bonds is 2. The largest absolute Gasteiger partial charge is 0.325 e. The smallest absolute Gasteiger partial charge is 0.241 e. The number of nitrogens with one attached hydrogen (secondary N) is 2. The zero-order chi connectivity index (χ0) is 12.3. The van der Waals surface area contributed by atoms with Crippen molar-refractivity contribution in [3.05, 3.63) is 29.3 Å². The van der Waals surface area contributed by atoms with Crippen molar-refractivity contribution in [2.75, 3.05) is 11.9 Å². The van der Waals surface area contributed by atoms with Gasteiger partial charge < -0.3 is 10.6 Å². The number of amides is 1. The Morgan fingerprint density at radius 3 is 2.44 bits per heavy atom. The first-order valence-corrected chi connectivity index (χ1v) is 6.28. The first-order valence-electron chi connectivity index (χ1n) is 6.28. The van der Waals surface area contributed by atoms with Gasteiger partial charge in [-0.25, -0.2) is 0 Å². The molecule has 1 fully saturated rings. The van der Waals surface area contributed by atoms with Crippen LogP contribution in [0.15, 0.2) is 18.2 Å². The van der Waals surface area contributed by atoms with E-state index in [1.54, 1.807) is 0 Å². The molecule has 1 saturated heterocycles. The Bertz CT molecular complexity index is 394. The molecular weight excluding hydrogens is 248 g/mol. The van der Waals surface area contributed by atoms with Gasteiger partial charge in [-0.05, 0) is 56.5 Å². The molecule has 0 unspecified atom stereocenters. The summed E-state index contributed by atoms with van der Waals surface area (Å²) in [5.74, 6) is 0.0923. The molecule has 4 heteroatoms. The van der Waals surface area contributed by atoms with E-state index in [0.717, 1.165) is 25.1 Å². The number of benzene rings is 1. The average Bonchev–Trinajstić information content (AvgIpc) is 2.28. The van der Waals surface area contributed by atoms with Gasteiger partial charge in [-0.2, -0.15) is 0 Å². The number of hydrogen-bond acceptors (Lipinski definition) is 2. The second-order valence-electron chi connectivity index (χ2n) is 4.87. The molecule has 2 rings (SSSR count). The maximum Gasteiger partial charge on any atom is 0.241 e. The molecule has 0 bridgehead atoms. The summed E-state index contributed by atoms with van der Waals surface area (Å²) in [5.41, 5.74) is 3.26. The molecule has 1 aliphatic heterocycles. The van der Waals surface area contributed by atoms with Crippen LogP contribution in [0.1, 0.15) is 30.4 Å². The van der Waals surface area contributed by atoms with Gasteiger partial charge in [0.15, 0.2) is 0 Å². The maximum absolute atomic E-state index is 12.0. The van der Waals surface area contributed by atoms with Crippen LogP contribution in [0.25, 0.3) is 0 Å². The number of hydrogen-bond donors (Lipinski definition) is 2. The van der Waals surface area contributed by atoms with Crippen LogP contribution in [0.2, 0.25) is 0 Å². The van der Waals surface area contributed by atoms with Crippen LogP contribution in [0.3, 0.4) is 0 Å². The second kappa shape index (κ2) is 6.76. The van der Waals surface area contributed by atoms with Gasteiger partial charge in [0, 0.05) is 5.69 Å². The monoisotopic (exact) mass is 268 g/mol. The first-order chi connectivity index (χ1) is 8.15. The zero-order valence-electron chi connectivity index (χ0n) is 11.0. The van der Waals surface area contributed by atoms with Gasteiger partial charge in [0.25, 0.3) is 0 Å². The molecule has 3 nitrogen and oxygen atoms in total. The number of carbonyl (C=O) groups excluding carboxylic acids is 1. The number of halogens is 1. The fourth-order valence-corrected chi connectivity index (χ4v) is 2.35. The van der Waals surface area contributed by atoms with Crippen LogP contribution in [-0.2, 0) is 4.79 Å². The highest BCUT2D eigenvalue weighted by atomic mass is 35.5. The van der Waals surface area contributed by atoms with Crippen molar-refractivity contribution in [2.45, 2.75) is 39.2 Å². The van der Waals surface area contributed by atoms with E-state index in [0.29, 0.717) is 0 Å². The van der Waals surface area contributed by atoms with Gasteiger partial charge in [-0.1, -0.05) is 12.5 Å². The SMILES string of the molecule is Cc1cc(C)cc(NC(=O)[C@@H]2CCCCN2)c1.Cl. The van der Waals surface area contributed by atoms with E-state index in [1.807, 2.05) is 26.0 Å². The van der Waals surface area contributed by atoms with E-state index in [9.17, 15) is 4.79 Å². The quantitative estimate of drug-likeness (QED) is 0.866. The Kier molecular flexibility index (Phi) is 5.63. The lowest BCUT2D eigenvalue weighted by Crippen LogP contribution is -2.43. The zero-order valence-corrected chi connectivity index (χ0v) is 11.8. The summed E-state index contributed by atoms with van der Waals surface area (Å²) in [7, 11) is 0. The molecule has 1 aromatic rings. The van der Waals surface area contributed by atoms with Gasteiger partial charge in [0.05, 0.1) is 6.04 Å². The standard InChI is InChI=1S/C14H20N2O.ClH/c1-10-7-11(2)9-12(8-10)16-14(17)13-5-3-4-6-15-13;/h7-9,13,15H,3-6H2,1-2H3,(H,16,17);1H/t13-;/m0./s1. The minimum Gasteiger partial charge on any atom is -0.325 e. The van der Waals surface area contributed by atoms with E-state index in [4.69, 9.17) is 0 Å². The third-order valence-electron chi connectivity index (χ3n) is 3.12. The van der Waals surface area contributed by atoms with Crippen LogP contribution in [0.5, 0.6) is 0 Å². The van der Waals surface area contributed by atoms with Crippen LogP contribution < -0.4 is 10.6 Å². The summed E-state index contributed by atoms with van der Waals surface area (Å²) in [4.78, 5) is 12.0. The van der Waals surface area contributed by atoms with Gasteiger partial charge in [-0.3, -0.25) is 4.79 Å². The van der Waals surface area contributed by atoms with E-state index in [-0.39, 0.29) is 24.4 Å². The van der Waals surface area contributed by atoms with Crippen molar-refractivity contribution in [3.8, 4) is 0 Å². The lowest BCUT2D eigenvalue weighted by atomic mass is 10.0. The molecule has 2 N–H and O–H groups in total. The summed E-state index contributed by atoms with van der Waals surface area (Å²) in [6.07, 6.45) is 3.25. The average molecular weight is 269 g/mol. The Balaban J connectivity index is 0.00000162. The highest BCUT2D eigenvalue weighted by Gasteiger charge is 2.20. The van der Waals surface area contributed by atoms with E-state index in [2.05, 4.69) is 16.7 Å². The van der Waals surface area contributed by atoms with Crippen molar-refractivity contribution in [3.63, 3.8) is 0 Å². The molecule has 0 spiro atoms. The van der Waals surface area contributed by atoms with Crippen molar-refractivity contribution in [1.82, 2.24) is 5.32 Å². The summed E-state index contributed by atoms with van der Waals surface area (Å²) >= 11 is 0. The molecule has 1 aromatic carbocycles. The van der Waals surface area contributed by atoms with Gasteiger partial charge >= 0.3 is 0 Å². The summed E-state index contributed by atoms with van der Waals surface area (Å²) < 4.78 is 0. The fraction of sp³-hybridized carbons (Fsp3) is 0.500. The lowest BCUT2D eigenvalue weighted by Gasteiger charge is -2.22. The van der Waals surface area contributed by atoms with Crippen molar-refractivity contribution in [1.29, 1.82) is 0 Å². The Labute approximate surface area is 115 Å². The summed E-state index contributed by atoms with van der Waals surface area (Å²) in [6, 6.07) is 6.10. The molecule has 0 radical (unpaired) electrons. The minimum absolute atomic E-state index is 0. The Hall–Kier alpha value is -1.06. The molecule has 1 amide bonds. The van der Waals surface area contributed by atoms with Gasteiger partial charge in [0.1, 0.15) is 0 Å². The molecule has 1 heterocycles. The van der Waals surface area contributed by atoms with E-state index in [1.165, 1.54) is 17.5 Å². The third-order valence-corrected chi connectivity index (χ3v) is 3.12. The number of anilines is 1.